The maximum atomic E-state index is 13.6. The molecule has 2 N–H and O–H groups in total. The van der Waals surface area contributed by atoms with Gasteiger partial charge in [0, 0.05) is 32.5 Å². The summed E-state index contributed by atoms with van der Waals surface area (Å²) in [6.07, 6.45) is -0.261. The Morgan fingerprint density at radius 1 is 1.57 bits per heavy atom. The van der Waals surface area contributed by atoms with Gasteiger partial charge in [-0.25, -0.2) is 4.39 Å². The first kappa shape index (κ1) is 18.2. The molecule has 21 heavy (non-hydrogen) atoms. The van der Waals surface area contributed by atoms with Gasteiger partial charge < -0.3 is 15.4 Å². The molecule has 0 unspecified atom stereocenters. The van der Waals surface area contributed by atoms with E-state index in [1.807, 2.05) is 0 Å². The lowest BCUT2D eigenvalue weighted by atomic mass is 9.95. The van der Waals surface area contributed by atoms with E-state index >= 15 is 0 Å². The number of carbonyl (C=O) groups excluding carboxylic acids is 1. The second-order valence-corrected chi connectivity index (χ2v) is 5.27. The molecule has 1 aliphatic heterocycles. The molecule has 1 heterocycles. The summed E-state index contributed by atoms with van der Waals surface area (Å²) < 4.78 is 19.4. The smallest absolute Gasteiger partial charge is 0.216 e. The van der Waals surface area contributed by atoms with Crippen LogP contribution in [0.4, 0.5) is 4.39 Å². The molecule has 1 amide bonds. The number of ether oxygens (including phenoxy) is 1. The zero-order chi connectivity index (χ0) is 14.5. The molecule has 2 atom stereocenters. The molecule has 1 aliphatic rings. The highest BCUT2D eigenvalue weighted by Gasteiger charge is 2.26. The molecule has 0 aromatic heterocycles. The van der Waals surface area contributed by atoms with E-state index in [0.717, 1.165) is 12.1 Å². The van der Waals surface area contributed by atoms with Gasteiger partial charge in [-0.3, -0.25) is 4.79 Å². The maximum absolute atomic E-state index is 13.6. The molecular weight excluding hydrogens is 318 g/mol. The molecule has 0 saturated carbocycles. The minimum Gasteiger partial charge on any atom is -0.372 e. The number of hydrogen-bond acceptors (Lipinski definition) is 3. The van der Waals surface area contributed by atoms with Crippen LogP contribution in [0.5, 0.6) is 0 Å². The molecule has 1 aromatic carbocycles. The zero-order valence-electron chi connectivity index (χ0n) is 11.7. The highest BCUT2D eigenvalue weighted by Crippen LogP contribution is 2.29. The predicted molar refractivity (Wildman–Crippen MR) is 82.4 cm³/mol. The second kappa shape index (κ2) is 8.54. The van der Waals surface area contributed by atoms with Gasteiger partial charge in [-0.2, -0.15) is 0 Å². The van der Waals surface area contributed by atoms with Crippen molar-refractivity contribution >= 4 is 29.9 Å². The Labute approximate surface area is 134 Å². The Hall–Kier alpha value is -0.880. The van der Waals surface area contributed by atoms with E-state index in [2.05, 4.69) is 10.6 Å². The lowest BCUT2D eigenvalue weighted by molar-refractivity contribution is -0.119. The van der Waals surface area contributed by atoms with E-state index in [1.54, 1.807) is 6.07 Å². The van der Waals surface area contributed by atoms with Crippen molar-refractivity contribution in [3.05, 3.63) is 34.6 Å². The van der Waals surface area contributed by atoms with E-state index in [9.17, 15) is 9.18 Å². The molecule has 0 spiro atoms. The van der Waals surface area contributed by atoms with Gasteiger partial charge in [0.2, 0.25) is 5.91 Å². The van der Waals surface area contributed by atoms with Crippen molar-refractivity contribution in [3.8, 4) is 0 Å². The fourth-order valence-corrected chi connectivity index (χ4v) is 2.42. The van der Waals surface area contributed by atoms with Crippen LogP contribution < -0.4 is 10.6 Å². The fourth-order valence-electron chi connectivity index (χ4n) is 2.30. The average Bonchev–Trinajstić information content (AvgIpc) is 2.65. The second-order valence-electron chi connectivity index (χ2n) is 4.87. The van der Waals surface area contributed by atoms with Gasteiger partial charge in [0.15, 0.2) is 0 Å². The Balaban J connectivity index is 0.00000220. The normalized spacial score (nSPS) is 22.0. The standard InChI is InChI=1S/C14H18ClFN2O2.ClH/c1-9(19)18-8-11-7-17-4-5-20-14(11)10-2-3-12(15)13(16)6-10;/h2-3,6,11,14,17H,4-5,7-8H2,1H3,(H,18,19);1H/t11-,14-;/m0./s1. The SMILES string of the molecule is CC(=O)NC[C@@H]1CNCCO[C@H]1c1ccc(Cl)c(F)c1.Cl. The number of halogens is 3. The zero-order valence-corrected chi connectivity index (χ0v) is 13.3. The van der Waals surface area contributed by atoms with E-state index < -0.39 is 5.82 Å². The van der Waals surface area contributed by atoms with Gasteiger partial charge >= 0.3 is 0 Å². The summed E-state index contributed by atoms with van der Waals surface area (Å²) >= 11 is 5.71. The van der Waals surface area contributed by atoms with Gasteiger partial charge in [0.25, 0.3) is 0 Å². The van der Waals surface area contributed by atoms with Gasteiger partial charge in [0.05, 0.1) is 17.7 Å². The van der Waals surface area contributed by atoms with Crippen molar-refractivity contribution in [3.63, 3.8) is 0 Å². The third-order valence-corrected chi connectivity index (χ3v) is 3.60. The molecule has 1 fully saturated rings. The fraction of sp³-hybridized carbons (Fsp3) is 0.500. The van der Waals surface area contributed by atoms with Crippen molar-refractivity contribution in [1.29, 1.82) is 0 Å². The molecule has 2 rings (SSSR count). The maximum Gasteiger partial charge on any atom is 0.216 e. The quantitative estimate of drug-likeness (QED) is 0.890. The third kappa shape index (κ3) is 5.11. The van der Waals surface area contributed by atoms with Crippen molar-refractivity contribution < 1.29 is 13.9 Å². The van der Waals surface area contributed by atoms with Crippen LogP contribution in [0.2, 0.25) is 5.02 Å². The Kier molecular flexibility index (Phi) is 7.39. The highest BCUT2D eigenvalue weighted by molar-refractivity contribution is 6.30. The minimum atomic E-state index is -0.455. The molecule has 118 valence electrons. The summed E-state index contributed by atoms with van der Waals surface area (Å²) in [6.45, 7) is 3.95. The largest absolute Gasteiger partial charge is 0.372 e. The van der Waals surface area contributed by atoms with Crippen LogP contribution in [-0.4, -0.2) is 32.1 Å². The Morgan fingerprint density at radius 3 is 3.00 bits per heavy atom. The first-order valence-corrected chi connectivity index (χ1v) is 6.97. The molecule has 0 radical (unpaired) electrons. The number of rotatable bonds is 3. The summed E-state index contributed by atoms with van der Waals surface area (Å²) in [5.41, 5.74) is 0.742. The van der Waals surface area contributed by atoms with Crippen LogP contribution in [0.15, 0.2) is 18.2 Å². The van der Waals surface area contributed by atoms with Crippen molar-refractivity contribution in [2.45, 2.75) is 13.0 Å². The Morgan fingerprint density at radius 2 is 2.33 bits per heavy atom. The van der Waals surface area contributed by atoms with Gasteiger partial charge in [-0.1, -0.05) is 17.7 Å². The van der Waals surface area contributed by atoms with Gasteiger partial charge in [-0.15, -0.1) is 12.4 Å². The topological polar surface area (TPSA) is 50.4 Å². The number of hydrogen-bond donors (Lipinski definition) is 2. The molecular formula is C14H19Cl2FN2O2. The lowest BCUT2D eigenvalue weighted by Gasteiger charge is -2.25. The van der Waals surface area contributed by atoms with E-state index in [4.69, 9.17) is 16.3 Å². The molecule has 0 bridgehead atoms. The molecule has 4 nitrogen and oxygen atoms in total. The summed E-state index contributed by atoms with van der Waals surface area (Å²) in [6, 6.07) is 4.70. The number of carbonyl (C=O) groups is 1. The molecule has 7 heteroatoms. The number of benzene rings is 1. The Bertz CT molecular complexity index is 488. The molecule has 1 saturated heterocycles. The first-order chi connectivity index (χ1) is 9.58. The average molecular weight is 337 g/mol. The van der Waals surface area contributed by atoms with Crippen LogP contribution in [0.25, 0.3) is 0 Å². The van der Waals surface area contributed by atoms with Crippen LogP contribution in [0.3, 0.4) is 0 Å². The van der Waals surface area contributed by atoms with Gasteiger partial charge in [0.1, 0.15) is 5.82 Å². The van der Waals surface area contributed by atoms with Crippen molar-refractivity contribution in [2.24, 2.45) is 5.92 Å². The monoisotopic (exact) mass is 336 g/mol. The summed E-state index contributed by atoms with van der Waals surface area (Å²) in [4.78, 5) is 11.1. The molecule has 0 aliphatic carbocycles. The minimum absolute atomic E-state index is 0. The summed E-state index contributed by atoms with van der Waals surface area (Å²) in [5.74, 6) is -0.500. The highest BCUT2D eigenvalue weighted by atomic mass is 35.5. The lowest BCUT2D eigenvalue weighted by Crippen LogP contribution is -2.35. The third-order valence-electron chi connectivity index (χ3n) is 3.30. The van der Waals surface area contributed by atoms with Crippen LogP contribution in [0.1, 0.15) is 18.6 Å². The van der Waals surface area contributed by atoms with Crippen molar-refractivity contribution in [2.75, 3.05) is 26.2 Å². The summed E-state index contributed by atoms with van der Waals surface area (Å²) in [7, 11) is 0. The van der Waals surface area contributed by atoms with Crippen LogP contribution in [-0.2, 0) is 9.53 Å². The summed E-state index contributed by atoms with van der Waals surface area (Å²) in [5, 5.41) is 6.14. The number of amides is 1. The van der Waals surface area contributed by atoms with E-state index in [1.165, 1.54) is 19.1 Å². The van der Waals surface area contributed by atoms with E-state index in [-0.39, 0.29) is 35.4 Å². The van der Waals surface area contributed by atoms with Crippen LogP contribution in [0, 0.1) is 11.7 Å². The van der Waals surface area contributed by atoms with Crippen molar-refractivity contribution in [1.82, 2.24) is 10.6 Å². The van der Waals surface area contributed by atoms with Crippen LogP contribution >= 0.6 is 24.0 Å². The number of nitrogens with one attached hydrogen (secondary N) is 2. The van der Waals surface area contributed by atoms with Gasteiger partial charge in [-0.05, 0) is 17.7 Å². The first-order valence-electron chi connectivity index (χ1n) is 6.59. The van der Waals surface area contributed by atoms with E-state index in [0.29, 0.717) is 19.7 Å². The predicted octanol–water partition coefficient (Wildman–Crippen LogP) is 2.31. The molecule has 1 aromatic rings.